The van der Waals surface area contributed by atoms with E-state index in [0.717, 1.165) is 6.42 Å². The van der Waals surface area contributed by atoms with Crippen LogP contribution in [0.4, 0.5) is 0 Å². The number of amides is 2. The third-order valence-corrected chi connectivity index (χ3v) is 1.79. The van der Waals surface area contributed by atoms with Gasteiger partial charge >= 0.3 is 0 Å². The van der Waals surface area contributed by atoms with Crippen LogP contribution >= 0.6 is 0 Å². The molecule has 0 atom stereocenters. The van der Waals surface area contributed by atoms with Gasteiger partial charge in [0.15, 0.2) is 0 Å². The Kier molecular flexibility index (Phi) is 3.23. The van der Waals surface area contributed by atoms with Crippen molar-refractivity contribution in [3.8, 4) is 0 Å². The van der Waals surface area contributed by atoms with Gasteiger partial charge < -0.3 is 0 Å². The zero-order valence-corrected chi connectivity index (χ0v) is 7.52. The molecule has 0 aliphatic heterocycles. The smallest absolute Gasteiger partial charge is 0.232 e. The molecule has 0 aromatic carbocycles. The first-order chi connectivity index (χ1) is 4.90. The zero-order valence-electron chi connectivity index (χ0n) is 7.52. The number of nitrogens with one attached hydrogen (secondary N) is 1. The van der Waals surface area contributed by atoms with Crippen molar-refractivity contribution in [2.75, 3.05) is 0 Å². The van der Waals surface area contributed by atoms with Crippen molar-refractivity contribution in [3.63, 3.8) is 0 Å². The van der Waals surface area contributed by atoms with Gasteiger partial charge in [-0.3, -0.25) is 14.9 Å². The van der Waals surface area contributed by atoms with Gasteiger partial charge in [0.25, 0.3) is 0 Å². The lowest BCUT2D eigenvalue weighted by atomic mass is 9.89. The van der Waals surface area contributed by atoms with Crippen LogP contribution in [-0.4, -0.2) is 11.8 Å². The quantitative estimate of drug-likeness (QED) is 0.652. The Hall–Kier alpha value is -0.860. The van der Waals surface area contributed by atoms with Crippen LogP contribution in [0.2, 0.25) is 0 Å². The lowest BCUT2D eigenvalue weighted by Crippen LogP contribution is -2.38. The molecule has 0 unspecified atom stereocenters. The molecule has 0 fully saturated rings. The average molecular weight is 157 g/mol. The number of rotatable bonds is 2. The lowest BCUT2D eigenvalue weighted by Gasteiger charge is -2.19. The van der Waals surface area contributed by atoms with E-state index in [0.29, 0.717) is 0 Å². The Morgan fingerprint density at radius 1 is 1.36 bits per heavy atom. The second-order valence-corrected chi connectivity index (χ2v) is 3.25. The standard InChI is InChI=1S/C8H15NO2/c1-5-8(3,4)7(11)9-6(2)10/h5H2,1-4H3,(H,9,10,11). The molecule has 1 N–H and O–H groups in total. The molecular formula is C8H15NO2. The summed E-state index contributed by atoms with van der Waals surface area (Å²) in [6.45, 7) is 6.87. The summed E-state index contributed by atoms with van der Waals surface area (Å²) in [6, 6.07) is 0. The van der Waals surface area contributed by atoms with Crippen molar-refractivity contribution < 1.29 is 9.59 Å². The molecule has 0 aromatic heterocycles. The summed E-state index contributed by atoms with van der Waals surface area (Å²) in [4.78, 5) is 21.7. The molecule has 3 nitrogen and oxygen atoms in total. The minimum Gasteiger partial charge on any atom is -0.296 e. The number of carbonyl (C=O) groups excluding carboxylic acids is 2. The fourth-order valence-electron chi connectivity index (χ4n) is 0.490. The van der Waals surface area contributed by atoms with Crippen LogP contribution in [0.25, 0.3) is 0 Å². The molecule has 0 radical (unpaired) electrons. The maximum absolute atomic E-state index is 11.2. The monoisotopic (exact) mass is 157 g/mol. The van der Waals surface area contributed by atoms with E-state index in [1.165, 1.54) is 6.92 Å². The average Bonchev–Trinajstić information content (AvgIpc) is 1.86. The Balaban J connectivity index is 4.13. The van der Waals surface area contributed by atoms with Crippen LogP contribution in [-0.2, 0) is 9.59 Å². The van der Waals surface area contributed by atoms with E-state index in [-0.39, 0.29) is 11.8 Å². The van der Waals surface area contributed by atoms with E-state index in [2.05, 4.69) is 5.32 Å². The first-order valence-corrected chi connectivity index (χ1v) is 3.72. The summed E-state index contributed by atoms with van der Waals surface area (Å²) in [5.41, 5.74) is -0.439. The molecule has 0 aliphatic rings. The van der Waals surface area contributed by atoms with Crippen molar-refractivity contribution >= 4 is 11.8 Å². The van der Waals surface area contributed by atoms with Crippen molar-refractivity contribution in [2.24, 2.45) is 5.41 Å². The van der Waals surface area contributed by atoms with Gasteiger partial charge in [-0.1, -0.05) is 20.8 Å². The second-order valence-electron chi connectivity index (χ2n) is 3.25. The molecule has 3 heteroatoms. The molecule has 0 heterocycles. The minimum atomic E-state index is -0.439. The van der Waals surface area contributed by atoms with E-state index >= 15 is 0 Å². The number of hydrogen-bond acceptors (Lipinski definition) is 2. The van der Waals surface area contributed by atoms with E-state index in [1.54, 1.807) is 0 Å². The van der Waals surface area contributed by atoms with E-state index in [4.69, 9.17) is 0 Å². The van der Waals surface area contributed by atoms with E-state index in [9.17, 15) is 9.59 Å². The van der Waals surface area contributed by atoms with E-state index < -0.39 is 5.41 Å². The SMILES string of the molecule is CCC(C)(C)C(=O)NC(C)=O. The summed E-state index contributed by atoms with van der Waals surface area (Å²) in [5.74, 6) is -0.496. The maximum Gasteiger partial charge on any atom is 0.232 e. The third kappa shape index (κ3) is 3.16. The molecule has 0 aromatic rings. The first-order valence-electron chi connectivity index (χ1n) is 3.72. The molecule has 0 aliphatic carbocycles. The molecular weight excluding hydrogens is 142 g/mol. The summed E-state index contributed by atoms with van der Waals surface area (Å²) < 4.78 is 0. The highest BCUT2D eigenvalue weighted by atomic mass is 16.2. The Morgan fingerprint density at radius 2 is 1.82 bits per heavy atom. The molecule has 11 heavy (non-hydrogen) atoms. The lowest BCUT2D eigenvalue weighted by molar-refractivity contribution is -0.135. The molecule has 64 valence electrons. The summed E-state index contributed by atoms with van der Waals surface area (Å²) in [6.07, 6.45) is 0.728. The molecule has 0 saturated carbocycles. The molecule has 0 bridgehead atoms. The van der Waals surface area contributed by atoms with Gasteiger partial charge in [-0.05, 0) is 6.42 Å². The van der Waals surface area contributed by atoms with Crippen LogP contribution in [0.3, 0.4) is 0 Å². The summed E-state index contributed by atoms with van der Waals surface area (Å²) >= 11 is 0. The predicted octanol–water partition coefficient (Wildman–Crippen LogP) is 1.09. The van der Waals surface area contributed by atoms with Crippen molar-refractivity contribution in [3.05, 3.63) is 0 Å². The highest BCUT2D eigenvalue weighted by molar-refractivity contribution is 5.96. The van der Waals surface area contributed by atoms with Crippen molar-refractivity contribution in [1.82, 2.24) is 5.32 Å². The summed E-state index contributed by atoms with van der Waals surface area (Å²) in [5, 5.41) is 2.26. The normalized spacial score (nSPS) is 10.9. The molecule has 0 spiro atoms. The molecule has 0 saturated heterocycles. The zero-order chi connectivity index (χ0) is 9.07. The maximum atomic E-state index is 11.2. The minimum absolute atomic E-state index is 0.201. The highest BCUT2D eigenvalue weighted by Crippen LogP contribution is 2.18. The van der Waals surface area contributed by atoms with Gasteiger partial charge in [-0.2, -0.15) is 0 Å². The van der Waals surface area contributed by atoms with E-state index in [1.807, 2.05) is 20.8 Å². The topological polar surface area (TPSA) is 46.2 Å². The van der Waals surface area contributed by atoms with Gasteiger partial charge in [0, 0.05) is 12.3 Å². The summed E-state index contributed by atoms with van der Waals surface area (Å²) in [7, 11) is 0. The molecule has 0 rings (SSSR count). The van der Waals surface area contributed by atoms with Crippen molar-refractivity contribution in [2.45, 2.75) is 34.1 Å². The van der Waals surface area contributed by atoms with Crippen LogP contribution in [0.5, 0.6) is 0 Å². The number of hydrogen-bond donors (Lipinski definition) is 1. The fourth-order valence-corrected chi connectivity index (χ4v) is 0.490. The Morgan fingerprint density at radius 3 is 2.09 bits per heavy atom. The van der Waals surface area contributed by atoms with Crippen LogP contribution in [0.15, 0.2) is 0 Å². The Bertz CT molecular complexity index is 173. The van der Waals surface area contributed by atoms with Gasteiger partial charge in [0.05, 0.1) is 0 Å². The predicted molar refractivity (Wildman–Crippen MR) is 42.9 cm³/mol. The van der Waals surface area contributed by atoms with Crippen LogP contribution in [0, 0.1) is 5.41 Å². The fraction of sp³-hybridized carbons (Fsp3) is 0.750. The van der Waals surface area contributed by atoms with Crippen LogP contribution in [0.1, 0.15) is 34.1 Å². The van der Waals surface area contributed by atoms with Gasteiger partial charge in [0.1, 0.15) is 0 Å². The van der Waals surface area contributed by atoms with Crippen molar-refractivity contribution in [1.29, 1.82) is 0 Å². The van der Waals surface area contributed by atoms with Gasteiger partial charge in [-0.15, -0.1) is 0 Å². The third-order valence-electron chi connectivity index (χ3n) is 1.79. The first kappa shape index (κ1) is 10.1. The second kappa shape index (κ2) is 3.51. The number of carbonyl (C=O) groups is 2. The largest absolute Gasteiger partial charge is 0.296 e. The Labute approximate surface area is 67.2 Å². The van der Waals surface area contributed by atoms with Crippen LogP contribution < -0.4 is 5.32 Å². The van der Waals surface area contributed by atoms with Gasteiger partial charge in [0.2, 0.25) is 11.8 Å². The number of imide groups is 1. The van der Waals surface area contributed by atoms with Gasteiger partial charge in [-0.25, -0.2) is 0 Å². The molecule has 2 amide bonds. The highest BCUT2D eigenvalue weighted by Gasteiger charge is 2.25.